The highest BCUT2D eigenvalue weighted by atomic mass is 16.4. The Morgan fingerprint density at radius 3 is 2.31 bits per heavy atom. The first-order chi connectivity index (χ1) is 6.02. The highest BCUT2D eigenvalue weighted by molar-refractivity contribution is 5.69. The van der Waals surface area contributed by atoms with Crippen molar-refractivity contribution in [2.75, 3.05) is 0 Å². The summed E-state index contributed by atoms with van der Waals surface area (Å²) in [5.41, 5.74) is 2.23. The van der Waals surface area contributed by atoms with Gasteiger partial charge in [-0.2, -0.15) is 0 Å². The summed E-state index contributed by atoms with van der Waals surface area (Å²) >= 11 is 0. The number of hydrogen-bond acceptors (Lipinski definition) is 1. The highest BCUT2D eigenvalue weighted by Gasteiger charge is 2.13. The third-order valence-corrected chi connectivity index (χ3v) is 2.30. The lowest BCUT2D eigenvalue weighted by molar-refractivity contribution is -0.141. The van der Waals surface area contributed by atoms with E-state index >= 15 is 0 Å². The van der Waals surface area contributed by atoms with Gasteiger partial charge in [0.1, 0.15) is 0 Å². The molecule has 0 radical (unpaired) electrons. The third-order valence-electron chi connectivity index (χ3n) is 2.30. The topological polar surface area (TPSA) is 42.2 Å². The molecule has 0 amide bonds. The van der Waals surface area contributed by atoms with Crippen molar-refractivity contribution in [3.8, 4) is 0 Å². The molecular weight excluding hydrogens is 166 g/mol. The van der Waals surface area contributed by atoms with Gasteiger partial charge < -0.3 is 9.67 Å². The van der Waals surface area contributed by atoms with Gasteiger partial charge in [0.05, 0.1) is 5.92 Å². The summed E-state index contributed by atoms with van der Waals surface area (Å²) in [6.07, 6.45) is 0. The zero-order valence-electron chi connectivity index (χ0n) is 8.24. The van der Waals surface area contributed by atoms with Crippen LogP contribution in [0.15, 0.2) is 12.1 Å². The van der Waals surface area contributed by atoms with Crippen molar-refractivity contribution in [2.45, 2.75) is 27.3 Å². The van der Waals surface area contributed by atoms with E-state index in [1.165, 1.54) is 0 Å². The Morgan fingerprint density at radius 2 is 1.92 bits per heavy atom. The molecule has 1 N–H and O–H groups in total. The molecule has 0 saturated heterocycles. The van der Waals surface area contributed by atoms with Gasteiger partial charge in [-0.3, -0.25) is 4.79 Å². The molecule has 1 heterocycles. The minimum Gasteiger partial charge on any atom is -0.481 e. The van der Waals surface area contributed by atoms with E-state index in [0.717, 1.165) is 11.4 Å². The second kappa shape index (κ2) is 3.64. The molecular formula is C10H15NO2. The molecule has 0 aromatic carbocycles. The van der Waals surface area contributed by atoms with Gasteiger partial charge >= 0.3 is 5.97 Å². The summed E-state index contributed by atoms with van der Waals surface area (Å²) in [6.45, 7) is 6.25. The molecule has 1 aromatic rings. The van der Waals surface area contributed by atoms with E-state index in [4.69, 9.17) is 5.11 Å². The van der Waals surface area contributed by atoms with Gasteiger partial charge in [0.25, 0.3) is 0 Å². The van der Waals surface area contributed by atoms with Gasteiger partial charge in [0.2, 0.25) is 0 Å². The van der Waals surface area contributed by atoms with Crippen molar-refractivity contribution in [2.24, 2.45) is 5.92 Å². The lowest BCUT2D eigenvalue weighted by atomic mass is 10.2. The number of hydrogen-bond donors (Lipinski definition) is 1. The van der Waals surface area contributed by atoms with Crippen molar-refractivity contribution in [1.82, 2.24) is 4.57 Å². The lowest BCUT2D eigenvalue weighted by Crippen LogP contribution is -2.18. The van der Waals surface area contributed by atoms with Crippen LogP contribution in [0.5, 0.6) is 0 Å². The summed E-state index contributed by atoms with van der Waals surface area (Å²) in [4.78, 5) is 10.6. The zero-order chi connectivity index (χ0) is 10.0. The van der Waals surface area contributed by atoms with Gasteiger partial charge in [0.15, 0.2) is 0 Å². The minimum absolute atomic E-state index is 0.329. The number of carboxylic acid groups (broad SMARTS) is 1. The Labute approximate surface area is 78.0 Å². The van der Waals surface area contributed by atoms with Crippen molar-refractivity contribution < 1.29 is 9.90 Å². The van der Waals surface area contributed by atoms with Crippen LogP contribution in [0.25, 0.3) is 0 Å². The van der Waals surface area contributed by atoms with Crippen LogP contribution in [-0.2, 0) is 11.3 Å². The number of aryl methyl sites for hydroxylation is 2. The van der Waals surface area contributed by atoms with E-state index in [-0.39, 0.29) is 5.92 Å². The first-order valence-electron chi connectivity index (χ1n) is 4.38. The SMILES string of the molecule is Cc1ccc(C)n1CC(C)C(=O)O. The molecule has 3 heteroatoms. The Balaban J connectivity index is 2.79. The van der Waals surface area contributed by atoms with Gasteiger partial charge in [-0.1, -0.05) is 6.92 Å². The van der Waals surface area contributed by atoms with Gasteiger partial charge in [-0.15, -0.1) is 0 Å². The number of aromatic nitrogens is 1. The van der Waals surface area contributed by atoms with Crippen LogP contribution in [0, 0.1) is 19.8 Å². The molecule has 1 aromatic heterocycles. The van der Waals surface area contributed by atoms with Gasteiger partial charge in [0, 0.05) is 17.9 Å². The van der Waals surface area contributed by atoms with Crippen LogP contribution in [0.4, 0.5) is 0 Å². The van der Waals surface area contributed by atoms with E-state index in [0.29, 0.717) is 6.54 Å². The summed E-state index contributed by atoms with van der Waals surface area (Å²) in [5.74, 6) is -1.07. The summed E-state index contributed by atoms with van der Waals surface area (Å²) < 4.78 is 2.03. The molecule has 0 bridgehead atoms. The summed E-state index contributed by atoms with van der Waals surface area (Å²) in [5, 5.41) is 8.75. The molecule has 0 aliphatic carbocycles. The van der Waals surface area contributed by atoms with Crippen molar-refractivity contribution in [3.63, 3.8) is 0 Å². The average Bonchev–Trinajstić information content (AvgIpc) is 2.35. The van der Waals surface area contributed by atoms with Gasteiger partial charge in [-0.25, -0.2) is 0 Å². The molecule has 72 valence electrons. The molecule has 0 spiro atoms. The van der Waals surface area contributed by atoms with E-state index < -0.39 is 5.97 Å². The van der Waals surface area contributed by atoms with E-state index in [1.54, 1.807) is 6.92 Å². The number of carboxylic acids is 1. The second-order valence-corrected chi connectivity index (χ2v) is 3.47. The number of nitrogens with zero attached hydrogens (tertiary/aromatic N) is 1. The fraction of sp³-hybridized carbons (Fsp3) is 0.500. The Morgan fingerprint density at radius 1 is 1.46 bits per heavy atom. The van der Waals surface area contributed by atoms with Crippen molar-refractivity contribution in [1.29, 1.82) is 0 Å². The van der Waals surface area contributed by atoms with Crippen LogP contribution in [0.1, 0.15) is 18.3 Å². The molecule has 1 unspecified atom stereocenters. The van der Waals surface area contributed by atoms with Crippen molar-refractivity contribution in [3.05, 3.63) is 23.5 Å². The fourth-order valence-electron chi connectivity index (χ4n) is 1.34. The first kappa shape index (κ1) is 9.84. The molecule has 0 aliphatic rings. The van der Waals surface area contributed by atoms with Crippen molar-refractivity contribution >= 4 is 5.97 Å². The zero-order valence-corrected chi connectivity index (χ0v) is 8.24. The van der Waals surface area contributed by atoms with E-state index in [2.05, 4.69) is 0 Å². The minimum atomic E-state index is -0.743. The van der Waals surface area contributed by atoms with Crippen LogP contribution in [0.3, 0.4) is 0 Å². The van der Waals surface area contributed by atoms with Crippen LogP contribution in [-0.4, -0.2) is 15.6 Å². The smallest absolute Gasteiger partial charge is 0.308 e. The largest absolute Gasteiger partial charge is 0.481 e. The lowest BCUT2D eigenvalue weighted by Gasteiger charge is -2.11. The molecule has 0 aliphatic heterocycles. The highest BCUT2D eigenvalue weighted by Crippen LogP contribution is 2.10. The predicted molar refractivity (Wildman–Crippen MR) is 50.7 cm³/mol. The predicted octanol–water partition coefficient (Wildman–Crippen LogP) is 1.83. The molecule has 3 nitrogen and oxygen atoms in total. The molecule has 0 saturated carbocycles. The van der Waals surface area contributed by atoms with Gasteiger partial charge in [-0.05, 0) is 26.0 Å². The molecule has 0 fully saturated rings. The summed E-state index contributed by atoms with van der Waals surface area (Å²) in [7, 11) is 0. The quantitative estimate of drug-likeness (QED) is 0.772. The van der Waals surface area contributed by atoms with Crippen LogP contribution < -0.4 is 0 Å². The third kappa shape index (κ3) is 2.11. The normalized spacial score (nSPS) is 12.8. The molecule has 1 rings (SSSR count). The molecule has 13 heavy (non-hydrogen) atoms. The standard InChI is InChI=1S/C10H15NO2/c1-7(10(12)13)6-11-8(2)4-5-9(11)3/h4-5,7H,6H2,1-3H3,(H,12,13). The molecule has 1 atom stereocenters. The average molecular weight is 181 g/mol. The van der Waals surface area contributed by atoms with Crippen LogP contribution in [0.2, 0.25) is 0 Å². The Hall–Kier alpha value is -1.25. The number of carbonyl (C=O) groups is 1. The van der Waals surface area contributed by atoms with E-state index in [9.17, 15) is 4.79 Å². The maximum absolute atomic E-state index is 10.6. The Bertz CT molecular complexity index is 295. The monoisotopic (exact) mass is 181 g/mol. The fourth-order valence-corrected chi connectivity index (χ4v) is 1.34. The maximum atomic E-state index is 10.6. The van der Waals surface area contributed by atoms with Crippen LogP contribution >= 0.6 is 0 Å². The Kier molecular flexibility index (Phi) is 2.76. The number of aliphatic carboxylic acids is 1. The van der Waals surface area contributed by atoms with E-state index in [1.807, 2.05) is 30.5 Å². The first-order valence-corrected chi connectivity index (χ1v) is 4.38. The maximum Gasteiger partial charge on any atom is 0.308 e. The summed E-state index contributed by atoms with van der Waals surface area (Å²) in [6, 6.07) is 4.01. The second-order valence-electron chi connectivity index (χ2n) is 3.47. The number of rotatable bonds is 3.